The largest absolute Gasteiger partial charge is 0.487 e. The lowest BCUT2D eigenvalue weighted by Gasteiger charge is -2.04. The van der Waals surface area contributed by atoms with Gasteiger partial charge in [0, 0.05) is 17.9 Å². The highest BCUT2D eigenvalue weighted by Gasteiger charge is 2.05. The van der Waals surface area contributed by atoms with Crippen LogP contribution in [0.3, 0.4) is 0 Å². The summed E-state index contributed by atoms with van der Waals surface area (Å²) in [5.74, 6) is 7.29. The number of aryl methyl sites for hydroxylation is 1. The summed E-state index contributed by atoms with van der Waals surface area (Å²) in [6, 6.07) is 7.57. The zero-order valence-corrected chi connectivity index (χ0v) is 11.3. The number of aromatic nitrogens is 2. The first kappa shape index (κ1) is 13.4. The van der Waals surface area contributed by atoms with Crippen molar-refractivity contribution in [3.8, 4) is 17.6 Å². The lowest BCUT2D eigenvalue weighted by Crippen LogP contribution is -1.97. The lowest BCUT2D eigenvalue weighted by molar-refractivity contribution is 0.270. The van der Waals surface area contributed by atoms with E-state index in [0.717, 1.165) is 17.0 Å². The normalized spacial score (nSPS) is 9.79. The van der Waals surface area contributed by atoms with Crippen molar-refractivity contribution in [1.29, 1.82) is 0 Å². The van der Waals surface area contributed by atoms with Gasteiger partial charge in [0.1, 0.15) is 23.7 Å². The summed E-state index contributed by atoms with van der Waals surface area (Å²) in [6.07, 6.45) is 0.677. The average Bonchev–Trinajstić information content (AvgIpc) is 2.83. The fourth-order valence-corrected chi connectivity index (χ4v) is 1.50. The highest BCUT2D eigenvalue weighted by atomic mass is 35.5. The van der Waals surface area contributed by atoms with Gasteiger partial charge in [0.15, 0.2) is 0 Å². The fourth-order valence-electron chi connectivity index (χ4n) is 1.41. The van der Waals surface area contributed by atoms with E-state index in [4.69, 9.17) is 16.3 Å². The van der Waals surface area contributed by atoms with Gasteiger partial charge in [-0.3, -0.25) is 0 Å². The SMILES string of the molecule is Cc1nonc1COc1cccc(C#CCCCl)c1. The van der Waals surface area contributed by atoms with Gasteiger partial charge in [-0.2, -0.15) is 0 Å². The van der Waals surface area contributed by atoms with E-state index in [2.05, 4.69) is 26.8 Å². The number of benzene rings is 1. The maximum absolute atomic E-state index is 5.62. The highest BCUT2D eigenvalue weighted by Crippen LogP contribution is 2.14. The smallest absolute Gasteiger partial charge is 0.145 e. The van der Waals surface area contributed by atoms with E-state index in [1.54, 1.807) is 0 Å². The highest BCUT2D eigenvalue weighted by molar-refractivity contribution is 6.18. The van der Waals surface area contributed by atoms with Crippen LogP contribution in [0.5, 0.6) is 5.75 Å². The second kappa shape index (κ2) is 6.81. The number of nitrogens with zero attached hydrogens (tertiary/aromatic N) is 2. The van der Waals surface area contributed by atoms with Gasteiger partial charge in [-0.25, -0.2) is 4.63 Å². The lowest BCUT2D eigenvalue weighted by atomic mass is 10.2. The summed E-state index contributed by atoms with van der Waals surface area (Å²) < 4.78 is 10.2. The van der Waals surface area contributed by atoms with Crippen LogP contribution in [0.1, 0.15) is 23.4 Å². The van der Waals surface area contributed by atoms with Crippen molar-refractivity contribution in [2.45, 2.75) is 20.0 Å². The predicted octanol–water partition coefficient (Wildman–Crippen LogP) is 2.94. The van der Waals surface area contributed by atoms with E-state index in [9.17, 15) is 0 Å². The van der Waals surface area contributed by atoms with Crippen LogP contribution in [0, 0.1) is 18.8 Å². The molecule has 0 spiro atoms. The Kier molecular flexibility index (Phi) is 4.82. The van der Waals surface area contributed by atoms with Crippen molar-refractivity contribution < 1.29 is 9.37 Å². The monoisotopic (exact) mass is 276 g/mol. The summed E-state index contributed by atoms with van der Waals surface area (Å²) in [5, 5.41) is 7.46. The molecule has 0 saturated carbocycles. The maximum atomic E-state index is 5.62. The molecule has 0 aliphatic heterocycles. The van der Waals surface area contributed by atoms with E-state index < -0.39 is 0 Å². The summed E-state index contributed by atoms with van der Waals surface area (Å²) in [4.78, 5) is 0. The van der Waals surface area contributed by atoms with Crippen molar-refractivity contribution in [1.82, 2.24) is 10.3 Å². The molecule has 0 bridgehead atoms. The number of halogens is 1. The number of rotatable bonds is 4. The van der Waals surface area contributed by atoms with Crippen LogP contribution < -0.4 is 4.74 Å². The molecule has 0 fully saturated rings. The van der Waals surface area contributed by atoms with Crippen LogP contribution in [0.25, 0.3) is 0 Å². The minimum atomic E-state index is 0.327. The molecule has 0 aliphatic rings. The molecule has 1 aromatic carbocycles. The zero-order chi connectivity index (χ0) is 13.5. The molecule has 0 atom stereocenters. The molecule has 2 rings (SSSR count). The molecular weight excluding hydrogens is 264 g/mol. The van der Waals surface area contributed by atoms with E-state index >= 15 is 0 Å². The molecule has 19 heavy (non-hydrogen) atoms. The molecular formula is C14H13ClN2O2. The Morgan fingerprint density at radius 1 is 1.37 bits per heavy atom. The Labute approximate surface area is 116 Å². The molecule has 1 aromatic heterocycles. The first-order valence-electron chi connectivity index (χ1n) is 5.85. The third-order valence-electron chi connectivity index (χ3n) is 2.41. The number of hydrogen-bond donors (Lipinski definition) is 0. The Balaban J connectivity index is 2.00. The van der Waals surface area contributed by atoms with Gasteiger partial charge < -0.3 is 4.74 Å². The molecule has 4 nitrogen and oxygen atoms in total. The third kappa shape index (κ3) is 4.01. The predicted molar refractivity (Wildman–Crippen MR) is 72.0 cm³/mol. The van der Waals surface area contributed by atoms with E-state index in [-0.39, 0.29) is 0 Å². The molecule has 5 heteroatoms. The molecule has 1 heterocycles. The van der Waals surface area contributed by atoms with Crippen LogP contribution >= 0.6 is 11.6 Å². The van der Waals surface area contributed by atoms with E-state index in [1.807, 2.05) is 31.2 Å². The second-order valence-corrected chi connectivity index (χ2v) is 4.23. The van der Waals surface area contributed by atoms with Crippen LogP contribution in [0.15, 0.2) is 28.9 Å². The average molecular weight is 277 g/mol. The minimum absolute atomic E-state index is 0.327. The van der Waals surface area contributed by atoms with Gasteiger partial charge in [-0.05, 0) is 25.1 Å². The fraction of sp³-hybridized carbons (Fsp3) is 0.286. The zero-order valence-electron chi connectivity index (χ0n) is 10.5. The summed E-state index contributed by atoms with van der Waals surface area (Å²) in [5.41, 5.74) is 2.33. The first-order valence-corrected chi connectivity index (χ1v) is 6.39. The minimum Gasteiger partial charge on any atom is -0.487 e. The molecule has 0 N–H and O–H groups in total. The summed E-state index contributed by atoms with van der Waals surface area (Å²) in [6.45, 7) is 2.15. The Morgan fingerprint density at radius 3 is 3.00 bits per heavy atom. The third-order valence-corrected chi connectivity index (χ3v) is 2.60. The molecule has 98 valence electrons. The van der Waals surface area contributed by atoms with Gasteiger partial charge in [-0.15, -0.1) is 11.6 Å². The quantitative estimate of drug-likeness (QED) is 0.636. The van der Waals surface area contributed by atoms with Crippen LogP contribution in [-0.4, -0.2) is 16.2 Å². The van der Waals surface area contributed by atoms with Crippen molar-refractivity contribution in [2.75, 3.05) is 5.88 Å². The van der Waals surface area contributed by atoms with Gasteiger partial charge in [0.25, 0.3) is 0 Å². The Hall–Kier alpha value is -1.99. The topological polar surface area (TPSA) is 48.2 Å². The van der Waals surface area contributed by atoms with Gasteiger partial charge in [0.05, 0.1) is 0 Å². The van der Waals surface area contributed by atoms with Gasteiger partial charge >= 0.3 is 0 Å². The van der Waals surface area contributed by atoms with Crippen LogP contribution in [0.2, 0.25) is 0 Å². The summed E-state index contributed by atoms with van der Waals surface area (Å²) >= 11 is 5.57. The number of alkyl halides is 1. The molecule has 0 saturated heterocycles. The molecule has 0 amide bonds. The molecule has 0 radical (unpaired) electrons. The van der Waals surface area contributed by atoms with Crippen molar-refractivity contribution in [3.63, 3.8) is 0 Å². The molecule has 2 aromatic rings. The Bertz CT molecular complexity index is 599. The van der Waals surface area contributed by atoms with Crippen molar-refractivity contribution >= 4 is 11.6 Å². The van der Waals surface area contributed by atoms with Gasteiger partial charge in [-0.1, -0.05) is 28.2 Å². The van der Waals surface area contributed by atoms with Crippen LogP contribution in [0.4, 0.5) is 0 Å². The molecule has 0 aliphatic carbocycles. The Morgan fingerprint density at radius 2 is 2.26 bits per heavy atom. The van der Waals surface area contributed by atoms with Gasteiger partial charge in [0.2, 0.25) is 0 Å². The summed E-state index contributed by atoms with van der Waals surface area (Å²) in [7, 11) is 0. The standard InChI is InChI=1S/C14H13ClN2O2/c1-11-14(17-19-16-11)10-18-13-7-4-6-12(9-13)5-2-3-8-15/h4,6-7,9H,3,8,10H2,1H3. The molecule has 0 unspecified atom stereocenters. The first-order chi connectivity index (χ1) is 9.29. The number of ether oxygens (including phenoxy) is 1. The van der Waals surface area contributed by atoms with Crippen molar-refractivity contribution in [2.24, 2.45) is 0 Å². The van der Waals surface area contributed by atoms with E-state index in [1.165, 1.54) is 0 Å². The van der Waals surface area contributed by atoms with Crippen molar-refractivity contribution in [3.05, 3.63) is 41.2 Å². The second-order valence-electron chi connectivity index (χ2n) is 3.85. The maximum Gasteiger partial charge on any atom is 0.145 e. The van der Waals surface area contributed by atoms with E-state index in [0.29, 0.717) is 24.6 Å². The number of hydrogen-bond acceptors (Lipinski definition) is 4. The van der Waals surface area contributed by atoms with Crippen LogP contribution in [-0.2, 0) is 6.61 Å².